The van der Waals surface area contributed by atoms with Crippen molar-refractivity contribution in [2.75, 3.05) is 6.54 Å². The molecule has 8 N–H and O–H groups in total. The van der Waals surface area contributed by atoms with Gasteiger partial charge in [0.05, 0.1) is 12.5 Å². The number of carbonyl (C=O) groups excluding carboxylic acids is 3. The predicted molar refractivity (Wildman–Crippen MR) is 111 cm³/mol. The standard InChI is InChI=1S/C20H28N4O8/c1-10(2)17(21)20(32)24-14(8-15(26)27)19(31)23-13(18(30)22-9-16(28)29)7-11-3-5-12(25)6-4-11/h3-6,10,13-14,17,25H,7-9,21H2,1-2H3,(H,22,30)(H,23,31)(H,24,32)(H,26,27)(H,28,29). The van der Waals surface area contributed by atoms with E-state index in [1.54, 1.807) is 13.8 Å². The highest BCUT2D eigenvalue weighted by Gasteiger charge is 2.30. The maximum atomic E-state index is 12.7. The summed E-state index contributed by atoms with van der Waals surface area (Å²) in [5.41, 5.74) is 6.27. The lowest BCUT2D eigenvalue weighted by Gasteiger charge is -2.24. The van der Waals surface area contributed by atoms with Gasteiger partial charge in [-0.05, 0) is 23.6 Å². The zero-order valence-electron chi connectivity index (χ0n) is 17.7. The van der Waals surface area contributed by atoms with Crippen molar-refractivity contribution in [1.82, 2.24) is 16.0 Å². The molecule has 0 aliphatic rings. The highest BCUT2D eigenvalue weighted by Crippen LogP contribution is 2.12. The number of hydrogen-bond donors (Lipinski definition) is 7. The van der Waals surface area contributed by atoms with Crippen LogP contribution >= 0.6 is 0 Å². The minimum absolute atomic E-state index is 0.0182. The van der Waals surface area contributed by atoms with E-state index in [4.69, 9.17) is 15.9 Å². The summed E-state index contributed by atoms with van der Waals surface area (Å²) in [4.78, 5) is 59.4. The average Bonchev–Trinajstić information content (AvgIpc) is 2.71. The molecule has 0 saturated heterocycles. The number of carboxylic acid groups (broad SMARTS) is 2. The van der Waals surface area contributed by atoms with Crippen LogP contribution in [0.3, 0.4) is 0 Å². The predicted octanol–water partition coefficient (Wildman–Crippen LogP) is -1.44. The van der Waals surface area contributed by atoms with Crippen molar-refractivity contribution in [3.8, 4) is 5.75 Å². The fraction of sp³-hybridized carbons (Fsp3) is 0.450. The first-order valence-corrected chi connectivity index (χ1v) is 9.76. The van der Waals surface area contributed by atoms with Crippen molar-refractivity contribution in [2.24, 2.45) is 11.7 Å². The van der Waals surface area contributed by atoms with E-state index in [2.05, 4.69) is 16.0 Å². The van der Waals surface area contributed by atoms with E-state index in [1.807, 2.05) is 0 Å². The van der Waals surface area contributed by atoms with Crippen molar-refractivity contribution in [2.45, 2.75) is 44.8 Å². The lowest BCUT2D eigenvalue weighted by atomic mass is 10.0. The second-order valence-corrected chi connectivity index (χ2v) is 7.47. The van der Waals surface area contributed by atoms with Crippen LogP contribution in [0.4, 0.5) is 0 Å². The van der Waals surface area contributed by atoms with Crippen molar-refractivity contribution >= 4 is 29.7 Å². The lowest BCUT2D eigenvalue weighted by molar-refractivity contribution is -0.141. The Bertz CT molecular complexity index is 841. The molecule has 32 heavy (non-hydrogen) atoms. The van der Waals surface area contributed by atoms with Crippen LogP contribution in [0.5, 0.6) is 5.75 Å². The number of aliphatic carboxylic acids is 2. The third-order valence-corrected chi connectivity index (χ3v) is 4.46. The van der Waals surface area contributed by atoms with Gasteiger partial charge in [-0.25, -0.2) is 0 Å². The zero-order chi connectivity index (χ0) is 24.4. The Hall–Kier alpha value is -3.67. The van der Waals surface area contributed by atoms with Gasteiger partial charge in [0.15, 0.2) is 0 Å². The lowest BCUT2D eigenvalue weighted by Crippen LogP contribution is -2.57. The maximum absolute atomic E-state index is 12.7. The molecular formula is C20H28N4O8. The molecule has 1 rings (SSSR count). The Labute approximate surface area is 184 Å². The van der Waals surface area contributed by atoms with Crippen LogP contribution in [0.2, 0.25) is 0 Å². The first-order chi connectivity index (χ1) is 14.9. The third kappa shape index (κ3) is 9.00. The highest BCUT2D eigenvalue weighted by molar-refractivity contribution is 5.95. The summed E-state index contributed by atoms with van der Waals surface area (Å²) in [5, 5.41) is 34.1. The number of nitrogens with one attached hydrogen (secondary N) is 3. The number of phenolic OH excluding ortho intramolecular Hbond substituents is 1. The molecule has 0 aliphatic carbocycles. The van der Waals surface area contributed by atoms with Gasteiger partial charge in [-0.15, -0.1) is 0 Å². The summed E-state index contributed by atoms with van der Waals surface area (Å²) in [6.07, 6.45) is -0.845. The summed E-state index contributed by atoms with van der Waals surface area (Å²) >= 11 is 0. The number of amides is 3. The van der Waals surface area contributed by atoms with Crippen LogP contribution in [0.1, 0.15) is 25.8 Å². The van der Waals surface area contributed by atoms with Gasteiger partial charge in [0.25, 0.3) is 0 Å². The fourth-order valence-corrected chi connectivity index (χ4v) is 2.59. The molecule has 3 unspecified atom stereocenters. The molecule has 12 heteroatoms. The van der Waals surface area contributed by atoms with E-state index in [0.717, 1.165) is 0 Å². The van der Waals surface area contributed by atoms with Gasteiger partial charge in [0.2, 0.25) is 17.7 Å². The topological polar surface area (TPSA) is 208 Å². The van der Waals surface area contributed by atoms with Gasteiger partial charge in [0, 0.05) is 6.42 Å². The van der Waals surface area contributed by atoms with Crippen LogP contribution in [0.25, 0.3) is 0 Å². The number of phenols is 1. The molecule has 3 amide bonds. The van der Waals surface area contributed by atoms with Crippen molar-refractivity contribution in [3.05, 3.63) is 29.8 Å². The van der Waals surface area contributed by atoms with Gasteiger partial charge in [-0.3, -0.25) is 24.0 Å². The van der Waals surface area contributed by atoms with E-state index in [1.165, 1.54) is 24.3 Å². The maximum Gasteiger partial charge on any atom is 0.322 e. The van der Waals surface area contributed by atoms with E-state index >= 15 is 0 Å². The first-order valence-electron chi connectivity index (χ1n) is 9.76. The quantitative estimate of drug-likeness (QED) is 0.198. The van der Waals surface area contributed by atoms with Crippen molar-refractivity contribution in [1.29, 1.82) is 0 Å². The summed E-state index contributed by atoms with van der Waals surface area (Å²) in [7, 11) is 0. The number of nitrogens with two attached hydrogens (primary N) is 1. The molecule has 12 nitrogen and oxygen atoms in total. The van der Waals surface area contributed by atoms with Gasteiger partial charge in [-0.1, -0.05) is 26.0 Å². The zero-order valence-corrected chi connectivity index (χ0v) is 17.7. The molecule has 176 valence electrons. The number of aromatic hydroxyl groups is 1. The number of hydrogen-bond acceptors (Lipinski definition) is 7. The Kier molecular flexibility index (Phi) is 10.1. The molecule has 0 spiro atoms. The molecule has 0 bridgehead atoms. The summed E-state index contributed by atoms with van der Waals surface area (Å²) in [6, 6.07) is 1.95. The number of carboxylic acids is 2. The van der Waals surface area contributed by atoms with Crippen molar-refractivity contribution in [3.63, 3.8) is 0 Å². The van der Waals surface area contributed by atoms with Crippen molar-refractivity contribution < 1.29 is 39.3 Å². The SMILES string of the molecule is CC(C)C(N)C(=O)NC(CC(=O)O)C(=O)NC(Cc1ccc(O)cc1)C(=O)NCC(=O)O. The van der Waals surface area contributed by atoms with Crippen LogP contribution < -0.4 is 21.7 Å². The molecular weight excluding hydrogens is 424 g/mol. The Morgan fingerprint density at radius 3 is 1.94 bits per heavy atom. The van der Waals surface area contributed by atoms with Crippen LogP contribution in [0, 0.1) is 5.92 Å². The first kappa shape index (κ1) is 26.4. The minimum atomic E-state index is -1.51. The minimum Gasteiger partial charge on any atom is -0.508 e. The third-order valence-electron chi connectivity index (χ3n) is 4.46. The molecule has 0 radical (unpaired) electrons. The van der Waals surface area contributed by atoms with Crippen LogP contribution in [0.15, 0.2) is 24.3 Å². The van der Waals surface area contributed by atoms with Gasteiger partial charge < -0.3 is 37.0 Å². The van der Waals surface area contributed by atoms with E-state index < -0.39 is 60.8 Å². The van der Waals surface area contributed by atoms with Crippen LogP contribution in [-0.4, -0.2) is 69.7 Å². The van der Waals surface area contributed by atoms with E-state index in [-0.39, 0.29) is 18.1 Å². The van der Waals surface area contributed by atoms with Gasteiger partial charge in [-0.2, -0.15) is 0 Å². The fourth-order valence-electron chi connectivity index (χ4n) is 2.59. The molecule has 0 saturated carbocycles. The molecule has 1 aromatic carbocycles. The largest absolute Gasteiger partial charge is 0.508 e. The van der Waals surface area contributed by atoms with Gasteiger partial charge >= 0.3 is 11.9 Å². The average molecular weight is 452 g/mol. The number of rotatable bonds is 12. The smallest absolute Gasteiger partial charge is 0.322 e. The monoisotopic (exact) mass is 452 g/mol. The number of benzene rings is 1. The Morgan fingerprint density at radius 2 is 1.44 bits per heavy atom. The van der Waals surface area contributed by atoms with Gasteiger partial charge in [0.1, 0.15) is 24.4 Å². The van der Waals surface area contributed by atoms with Crippen LogP contribution in [-0.2, 0) is 30.4 Å². The molecule has 0 aromatic heterocycles. The normalized spacial score (nSPS) is 13.5. The van der Waals surface area contributed by atoms with E-state index in [9.17, 15) is 29.1 Å². The molecule has 0 heterocycles. The second-order valence-electron chi connectivity index (χ2n) is 7.47. The highest BCUT2D eigenvalue weighted by atomic mass is 16.4. The number of carbonyl (C=O) groups is 5. The second kappa shape index (κ2) is 12.2. The summed E-state index contributed by atoms with van der Waals surface area (Å²) < 4.78 is 0. The molecule has 3 atom stereocenters. The summed E-state index contributed by atoms with van der Waals surface area (Å²) in [5.74, 6) is -5.46. The summed E-state index contributed by atoms with van der Waals surface area (Å²) in [6.45, 7) is 2.66. The molecule has 0 aliphatic heterocycles. The Balaban J connectivity index is 3.04. The Morgan fingerprint density at radius 1 is 0.875 bits per heavy atom. The molecule has 0 fully saturated rings. The van der Waals surface area contributed by atoms with E-state index in [0.29, 0.717) is 5.56 Å². The molecule has 1 aromatic rings.